The highest BCUT2D eigenvalue weighted by molar-refractivity contribution is 5.89. The second-order valence-corrected chi connectivity index (χ2v) is 4.02. The number of amides is 2. The van der Waals surface area contributed by atoms with Gasteiger partial charge < -0.3 is 15.7 Å². The number of benzene rings is 1. The van der Waals surface area contributed by atoms with Crippen LogP contribution in [0.2, 0.25) is 0 Å². The van der Waals surface area contributed by atoms with E-state index in [-0.39, 0.29) is 6.54 Å². The van der Waals surface area contributed by atoms with Crippen molar-refractivity contribution in [2.24, 2.45) is 5.92 Å². The molecular formula is C12H13F3N2O3. The van der Waals surface area contributed by atoms with Crippen molar-refractivity contribution in [3.05, 3.63) is 29.6 Å². The first kappa shape index (κ1) is 15.8. The Hall–Kier alpha value is -2.25. The summed E-state index contributed by atoms with van der Waals surface area (Å²) in [6.45, 7) is 1.47. The van der Waals surface area contributed by atoms with Gasteiger partial charge in [-0.3, -0.25) is 4.79 Å². The van der Waals surface area contributed by atoms with Crippen LogP contribution in [0, 0.1) is 23.4 Å². The Bertz CT molecular complexity index is 523. The predicted molar refractivity (Wildman–Crippen MR) is 64.8 cm³/mol. The molecule has 1 rings (SSSR count). The van der Waals surface area contributed by atoms with Gasteiger partial charge >= 0.3 is 12.0 Å². The Morgan fingerprint density at radius 1 is 1.20 bits per heavy atom. The molecule has 0 saturated heterocycles. The van der Waals surface area contributed by atoms with E-state index in [2.05, 4.69) is 5.32 Å². The largest absolute Gasteiger partial charge is 0.481 e. The molecule has 1 atom stereocenters. The summed E-state index contributed by atoms with van der Waals surface area (Å²) in [6.07, 6.45) is 0.301. The van der Waals surface area contributed by atoms with Crippen LogP contribution >= 0.6 is 0 Å². The summed E-state index contributed by atoms with van der Waals surface area (Å²) in [7, 11) is 0. The predicted octanol–water partition coefficient (Wildman–Crippen LogP) is 2.34. The second kappa shape index (κ2) is 6.78. The molecule has 0 bridgehead atoms. The van der Waals surface area contributed by atoms with Crippen molar-refractivity contribution in [2.75, 3.05) is 11.9 Å². The third-order valence-electron chi connectivity index (χ3n) is 2.61. The van der Waals surface area contributed by atoms with E-state index in [0.717, 1.165) is 0 Å². The van der Waals surface area contributed by atoms with E-state index in [0.29, 0.717) is 18.6 Å². The molecule has 8 heteroatoms. The fraction of sp³-hybridized carbons (Fsp3) is 0.333. The van der Waals surface area contributed by atoms with Gasteiger partial charge in [-0.1, -0.05) is 6.92 Å². The molecular weight excluding hydrogens is 277 g/mol. The zero-order chi connectivity index (χ0) is 15.3. The number of aliphatic carboxylic acids is 1. The molecule has 0 aliphatic carbocycles. The lowest BCUT2D eigenvalue weighted by molar-refractivity contribution is -0.141. The third-order valence-corrected chi connectivity index (χ3v) is 2.61. The van der Waals surface area contributed by atoms with Crippen LogP contribution in [0.1, 0.15) is 13.3 Å². The SMILES string of the molecule is CCC(CNC(=O)Nc1cc(F)c(F)cc1F)C(=O)O. The first-order valence-electron chi connectivity index (χ1n) is 5.77. The minimum atomic E-state index is -1.37. The molecule has 20 heavy (non-hydrogen) atoms. The van der Waals surface area contributed by atoms with Gasteiger partial charge in [-0.25, -0.2) is 18.0 Å². The maximum absolute atomic E-state index is 13.2. The van der Waals surface area contributed by atoms with Gasteiger partial charge in [-0.2, -0.15) is 0 Å². The number of carboxylic acid groups (broad SMARTS) is 1. The molecule has 0 aromatic heterocycles. The normalized spacial score (nSPS) is 11.8. The van der Waals surface area contributed by atoms with Crippen LogP contribution in [-0.4, -0.2) is 23.7 Å². The second-order valence-electron chi connectivity index (χ2n) is 4.02. The summed E-state index contributed by atoms with van der Waals surface area (Å²) >= 11 is 0. The minimum Gasteiger partial charge on any atom is -0.481 e. The lowest BCUT2D eigenvalue weighted by Gasteiger charge is -2.12. The number of carbonyl (C=O) groups excluding carboxylic acids is 1. The molecule has 0 aliphatic rings. The monoisotopic (exact) mass is 290 g/mol. The van der Waals surface area contributed by atoms with Crippen molar-refractivity contribution in [3.63, 3.8) is 0 Å². The lowest BCUT2D eigenvalue weighted by atomic mass is 10.1. The Morgan fingerprint density at radius 3 is 2.35 bits per heavy atom. The van der Waals surface area contributed by atoms with Gasteiger partial charge in [0.25, 0.3) is 0 Å². The molecule has 0 fully saturated rings. The minimum absolute atomic E-state index is 0.164. The zero-order valence-corrected chi connectivity index (χ0v) is 10.5. The van der Waals surface area contributed by atoms with Crippen LogP contribution < -0.4 is 10.6 Å². The summed E-state index contributed by atoms with van der Waals surface area (Å²) in [5.41, 5.74) is -0.537. The number of carbonyl (C=O) groups is 2. The molecule has 110 valence electrons. The van der Waals surface area contributed by atoms with E-state index >= 15 is 0 Å². The number of urea groups is 1. The van der Waals surface area contributed by atoms with Crippen molar-refractivity contribution < 1.29 is 27.9 Å². The number of halogens is 3. The topological polar surface area (TPSA) is 78.4 Å². The van der Waals surface area contributed by atoms with E-state index in [9.17, 15) is 22.8 Å². The van der Waals surface area contributed by atoms with Crippen molar-refractivity contribution in [3.8, 4) is 0 Å². The molecule has 1 aromatic rings. The van der Waals surface area contributed by atoms with Crippen molar-refractivity contribution in [1.29, 1.82) is 0 Å². The molecule has 0 heterocycles. The Balaban J connectivity index is 2.63. The highest BCUT2D eigenvalue weighted by atomic mass is 19.2. The molecule has 0 spiro atoms. The average Bonchev–Trinajstić information content (AvgIpc) is 2.36. The van der Waals surface area contributed by atoms with E-state index < -0.39 is 41.1 Å². The summed E-state index contributed by atoms with van der Waals surface area (Å²) in [5.74, 6) is -5.67. The van der Waals surface area contributed by atoms with Gasteiger partial charge in [0.15, 0.2) is 11.6 Å². The Labute approximate surface area is 112 Å². The summed E-state index contributed by atoms with van der Waals surface area (Å²) in [6, 6.07) is -0.106. The van der Waals surface area contributed by atoms with E-state index in [1.54, 1.807) is 6.92 Å². The molecule has 1 unspecified atom stereocenters. The number of hydrogen-bond donors (Lipinski definition) is 3. The standard InChI is InChI=1S/C12H13F3N2O3/c1-2-6(11(18)19)5-16-12(20)17-10-4-8(14)7(13)3-9(10)15/h3-4,6H,2,5H2,1H3,(H,18,19)(H2,16,17,20). The molecule has 5 nitrogen and oxygen atoms in total. The highest BCUT2D eigenvalue weighted by Crippen LogP contribution is 2.18. The van der Waals surface area contributed by atoms with Gasteiger partial charge in [0.05, 0.1) is 11.6 Å². The maximum Gasteiger partial charge on any atom is 0.319 e. The van der Waals surface area contributed by atoms with Crippen LogP contribution in [-0.2, 0) is 4.79 Å². The average molecular weight is 290 g/mol. The Kier molecular flexibility index (Phi) is 5.36. The molecule has 0 radical (unpaired) electrons. The van der Waals surface area contributed by atoms with E-state index in [1.165, 1.54) is 0 Å². The van der Waals surface area contributed by atoms with Crippen LogP contribution in [0.25, 0.3) is 0 Å². The zero-order valence-electron chi connectivity index (χ0n) is 10.5. The number of hydrogen-bond acceptors (Lipinski definition) is 2. The summed E-state index contributed by atoms with van der Waals surface area (Å²) in [4.78, 5) is 22.1. The van der Waals surface area contributed by atoms with Gasteiger partial charge in [-0.05, 0) is 6.42 Å². The number of anilines is 1. The molecule has 0 saturated carbocycles. The van der Waals surface area contributed by atoms with Gasteiger partial charge in [0.1, 0.15) is 5.82 Å². The highest BCUT2D eigenvalue weighted by Gasteiger charge is 2.17. The summed E-state index contributed by atoms with van der Waals surface area (Å²) in [5, 5.41) is 12.9. The fourth-order valence-corrected chi connectivity index (χ4v) is 1.41. The number of carboxylic acids is 1. The first-order chi connectivity index (χ1) is 9.35. The van der Waals surface area contributed by atoms with Gasteiger partial charge in [0, 0.05) is 18.7 Å². The van der Waals surface area contributed by atoms with Crippen molar-refractivity contribution in [1.82, 2.24) is 5.32 Å². The molecule has 3 N–H and O–H groups in total. The van der Waals surface area contributed by atoms with Crippen LogP contribution in [0.3, 0.4) is 0 Å². The third kappa shape index (κ3) is 4.15. The van der Waals surface area contributed by atoms with Gasteiger partial charge in [-0.15, -0.1) is 0 Å². The van der Waals surface area contributed by atoms with Crippen LogP contribution in [0.15, 0.2) is 12.1 Å². The van der Waals surface area contributed by atoms with Crippen molar-refractivity contribution >= 4 is 17.7 Å². The maximum atomic E-state index is 13.2. The van der Waals surface area contributed by atoms with Crippen LogP contribution in [0.5, 0.6) is 0 Å². The van der Waals surface area contributed by atoms with Crippen LogP contribution in [0.4, 0.5) is 23.7 Å². The molecule has 2 amide bonds. The smallest absolute Gasteiger partial charge is 0.319 e. The number of rotatable bonds is 5. The van der Waals surface area contributed by atoms with Gasteiger partial charge in [0.2, 0.25) is 0 Å². The summed E-state index contributed by atoms with van der Waals surface area (Å²) < 4.78 is 38.8. The molecule has 0 aliphatic heterocycles. The number of nitrogens with one attached hydrogen (secondary N) is 2. The fourth-order valence-electron chi connectivity index (χ4n) is 1.41. The van der Waals surface area contributed by atoms with Crippen molar-refractivity contribution in [2.45, 2.75) is 13.3 Å². The van der Waals surface area contributed by atoms with E-state index in [1.807, 2.05) is 5.32 Å². The Morgan fingerprint density at radius 2 is 1.80 bits per heavy atom. The molecule has 1 aromatic carbocycles. The lowest BCUT2D eigenvalue weighted by Crippen LogP contribution is -2.35. The quantitative estimate of drug-likeness (QED) is 0.728. The van der Waals surface area contributed by atoms with E-state index in [4.69, 9.17) is 5.11 Å². The first-order valence-corrected chi connectivity index (χ1v) is 5.77.